The van der Waals surface area contributed by atoms with Crippen LogP contribution >= 0.6 is 23.2 Å². The Kier molecular flexibility index (Phi) is 6.67. The predicted octanol–water partition coefficient (Wildman–Crippen LogP) is 4.73. The molecule has 0 radical (unpaired) electrons. The first-order valence-electron chi connectivity index (χ1n) is 11.4. The first-order chi connectivity index (χ1) is 17.0. The lowest BCUT2D eigenvalue weighted by atomic mass is 9.97. The maximum atomic E-state index is 14.0. The molecule has 2 N–H and O–H groups in total. The van der Waals surface area contributed by atoms with Gasteiger partial charge in [-0.15, -0.1) is 0 Å². The van der Waals surface area contributed by atoms with Gasteiger partial charge in [0.2, 0.25) is 15.8 Å². The quantitative estimate of drug-likeness (QED) is 0.439. The molecule has 1 fully saturated rings. The Hall–Kier alpha value is -2.37. The zero-order valence-corrected chi connectivity index (χ0v) is 22.0. The molecule has 5 rings (SSSR count). The van der Waals surface area contributed by atoms with Crippen LogP contribution in [-0.2, 0) is 10.0 Å². The SMILES string of the molecule is CC(Oc1c(N)ncc2c(C3=CCN(C4CN(S(C)(=O)=O)C4)CC3)coc12)c1c(Cl)ccc(F)c1Cl. The highest BCUT2D eigenvalue weighted by atomic mass is 35.5. The highest BCUT2D eigenvalue weighted by molar-refractivity contribution is 7.88. The van der Waals surface area contributed by atoms with E-state index in [9.17, 15) is 12.8 Å². The summed E-state index contributed by atoms with van der Waals surface area (Å²) in [5, 5.41) is 0.905. The number of aromatic nitrogens is 1. The van der Waals surface area contributed by atoms with Crippen molar-refractivity contribution in [3.05, 3.63) is 57.7 Å². The van der Waals surface area contributed by atoms with Crippen LogP contribution in [0.4, 0.5) is 10.2 Å². The summed E-state index contributed by atoms with van der Waals surface area (Å²) in [5.74, 6) is -0.237. The first kappa shape index (κ1) is 25.3. The van der Waals surface area contributed by atoms with Crippen molar-refractivity contribution in [1.82, 2.24) is 14.2 Å². The molecule has 1 saturated heterocycles. The van der Waals surface area contributed by atoms with Crippen molar-refractivity contribution in [2.45, 2.75) is 25.5 Å². The molecule has 4 heterocycles. The lowest BCUT2D eigenvalue weighted by Crippen LogP contribution is -2.61. The highest BCUT2D eigenvalue weighted by Crippen LogP contribution is 2.41. The minimum absolute atomic E-state index is 0.114. The minimum Gasteiger partial charge on any atom is -0.478 e. The number of anilines is 1. The molecule has 2 aliphatic rings. The van der Waals surface area contributed by atoms with Gasteiger partial charge in [0, 0.05) is 54.6 Å². The molecular weight excluding hydrogens is 530 g/mol. The van der Waals surface area contributed by atoms with E-state index in [1.54, 1.807) is 19.4 Å². The first-order valence-corrected chi connectivity index (χ1v) is 14.0. The number of benzene rings is 1. The second kappa shape index (κ2) is 9.50. The number of ether oxygens (including phenoxy) is 1. The number of fused-ring (bicyclic) bond motifs is 1. The average Bonchev–Trinajstić information content (AvgIpc) is 3.21. The van der Waals surface area contributed by atoms with E-state index in [4.69, 9.17) is 38.1 Å². The summed E-state index contributed by atoms with van der Waals surface area (Å²) in [6.07, 6.45) is 6.72. The number of rotatable bonds is 6. The topological polar surface area (TPSA) is 102 Å². The fraction of sp³-hybridized carbons (Fsp3) is 0.375. The third-order valence-corrected chi connectivity index (χ3v) is 8.73. The standard InChI is InChI=1S/C24H25Cl2FN4O4S/c1-13(20-18(25)3-4-19(27)21(20)26)35-23-22-16(9-29-24(23)28)17(12-34-22)14-5-7-30(8-6-14)15-10-31(11-15)36(2,32)33/h3-5,9,12-13,15H,6-8,10-11H2,1-2H3,(H2,28,29). The maximum Gasteiger partial charge on any atom is 0.211 e. The Morgan fingerprint density at radius 1 is 1.31 bits per heavy atom. The van der Waals surface area contributed by atoms with E-state index in [2.05, 4.69) is 16.0 Å². The lowest BCUT2D eigenvalue weighted by molar-refractivity contribution is 0.0980. The van der Waals surface area contributed by atoms with Crippen LogP contribution in [0.2, 0.25) is 10.0 Å². The van der Waals surface area contributed by atoms with Gasteiger partial charge in [-0.2, -0.15) is 4.31 Å². The molecule has 1 atom stereocenters. The maximum absolute atomic E-state index is 14.0. The summed E-state index contributed by atoms with van der Waals surface area (Å²) in [4.78, 5) is 6.58. The number of nitrogens with zero attached hydrogens (tertiary/aromatic N) is 3. The molecule has 0 amide bonds. The van der Waals surface area contributed by atoms with Gasteiger partial charge in [0.05, 0.1) is 22.9 Å². The van der Waals surface area contributed by atoms with Crippen LogP contribution in [0.25, 0.3) is 16.5 Å². The van der Waals surface area contributed by atoms with E-state index in [0.29, 0.717) is 30.8 Å². The van der Waals surface area contributed by atoms with Crippen LogP contribution in [0.15, 0.2) is 35.1 Å². The monoisotopic (exact) mass is 554 g/mol. The van der Waals surface area contributed by atoms with Crippen molar-refractivity contribution >= 4 is 55.6 Å². The van der Waals surface area contributed by atoms with Gasteiger partial charge in [0.15, 0.2) is 11.4 Å². The second-order valence-corrected chi connectivity index (χ2v) is 11.9. The number of hydrogen-bond acceptors (Lipinski definition) is 7. The molecular formula is C24H25Cl2FN4O4S. The molecule has 36 heavy (non-hydrogen) atoms. The zero-order valence-electron chi connectivity index (χ0n) is 19.7. The fourth-order valence-corrected chi connectivity index (χ4v) is 6.24. The molecule has 12 heteroatoms. The van der Waals surface area contributed by atoms with Crippen LogP contribution in [0.3, 0.4) is 0 Å². The summed E-state index contributed by atoms with van der Waals surface area (Å²) in [5.41, 5.74) is 8.85. The number of halogens is 3. The molecule has 8 nitrogen and oxygen atoms in total. The van der Waals surface area contributed by atoms with E-state index >= 15 is 0 Å². The Labute approximate surface area is 218 Å². The average molecular weight is 555 g/mol. The van der Waals surface area contributed by atoms with Gasteiger partial charge in [0.1, 0.15) is 11.9 Å². The van der Waals surface area contributed by atoms with E-state index < -0.39 is 21.9 Å². The number of furan rings is 1. The highest BCUT2D eigenvalue weighted by Gasteiger charge is 2.37. The molecule has 0 spiro atoms. The molecule has 1 unspecified atom stereocenters. The van der Waals surface area contributed by atoms with Crippen molar-refractivity contribution in [1.29, 1.82) is 0 Å². The van der Waals surface area contributed by atoms with Crippen molar-refractivity contribution < 1.29 is 22.0 Å². The molecule has 0 bridgehead atoms. The normalized spacial score (nSPS) is 18.8. The molecule has 2 aromatic heterocycles. The van der Waals surface area contributed by atoms with Gasteiger partial charge in [0.25, 0.3) is 0 Å². The predicted molar refractivity (Wildman–Crippen MR) is 138 cm³/mol. The molecule has 1 aromatic carbocycles. The van der Waals surface area contributed by atoms with Gasteiger partial charge in [-0.3, -0.25) is 4.90 Å². The van der Waals surface area contributed by atoms with Gasteiger partial charge in [-0.1, -0.05) is 29.3 Å². The van der Waals surface area contributed by atoms with E-state index in [1.807, 2.05) is 0 Å². The Morgan fingerprint density at radius 2 is 2.06 bits per heavy atom. The summed E-state index contributed by atoms with van der Waals surface area (Å²) >= 11 is 12.4. The van der Waals surface area contributed by atoms with E-state index in [0.717, 1.165) is 29.5 Å². The van der Waals surface area contributed by atoms with Gasteiger partial charge in [-0.25, -0.2) is 17.8 Å². The van der Waals surface area contributed by atoms with E-state index in [1.165, 1.54) is 22.7 Å². The van der Waals surface area contributed by atoms with Gasteiger partial charge in [-0.05, 0) is 31.1 Å². The number of pyridine rings is 1. The number of sulfonamides is 1. The Balaban J connectivity index is 1.37. The Bertz CT molecular complexity index is 1470. The fourth-order valence-electron chi connectivity index (χ4n) is 4.67. The van der Waals surface area contributed by atoms with Crippen LogP contribution in [0.5, 0.6) is 5.75 Å². The number of nitrogens with two attached hydrogens (primary N) is 1. The molecule has 0 saturated carbocycles. The van der Waals surface area contributed by atoms with Crippen molar-refractivity contribution in [2.75, 3.05) is 38.2 Å². The van der Waals surface area contributed by atoms with Gasteiger partial charge < -0.3 is 14.9 Å². The third-order valence-electron chi connectivity index (χ3n) is 6.78. The summed E-state index contributed by atoms with van der Waals surface area (Å²) < 4.78 is 50.8. The largest absolute Gasteiger partial charge is 0.478 e. The number of hydrogen-bond donors (Lipinski definition) is 1. The molecule has 192 valence electrons. The molecule has 3 aromatic rings. The molecule has 2 aliphatic heterocycles. The lowest BCUT2D eigenvalue weighted by Gasteiger charge is -2.44. The summed E-state index contributed by atoms with van der Waals surface area (Å²) in [6.45, 7) is 4.26. The minimum atomic E-state index is -3.13. The van der Waals surface area contributed by atoms with Crippen molar-refractivity contribution in [3.63, 3.8) is 0 Å². The van der Waals surface area contributed by atoms with Crippen molar-refractivity contribution in [2.24, 2.45) is 0 Å². The van der Waals surface area contributed by atoms with Crippen LogP contribution in [-0.4, -0.2) is 61.1 Å². The number of nitrogen functional groups attached to an aromatic ring is 1. The van der Waals surface area contributed by atoms with Crippen LogP contribution in [0, 0.1) is 5.82 Å². The molecule has 0 aliphatic carbocycles. The van der Waals surface area contributed by atoms with E-state index in [-0.39, 0.29) is 27.7 Å². The van der Waals surface area contributed by atoms with Crippen LogP contribution in [0.1, 0.15) is 30.6 Å². The van der Waals surface area contributed by atoms with Crippen molar-refractivity contribution in [3.8, 4) is 5.75 Å². The van der Waals surface area contributed by atoms with Crippen LogP contribution < -0.4 is 10.5 Å². The summed E-state index contributed by atoms with van der Waals surface area (Å²) in [6, 6.07) is 2.84. The second-order valence-electron chi connectivity index (χ2n) is 9.09. The Morgan fingerprint density at radius 3 is 2.72 bits per heavy atom. The smallest absolute Gasteiger partial charge is 0.211 e. The third kappa shape index (κ3) is 4.56. The summed E-state index contributed by atoms with van der Waals surface area (Å²) in [7, 11) is -3.13. The van der Waals surface area contributed by atoms with Gasteiger partial charge >= 0.3 is 0 Å². The zero-order chi connectivity index (χ0) is 25.8.